The van der Waals surface area contributed by atoms with Gasteiger partial charge in [0.2, 0.25) is 11.8 Å². The SMILES string of the molecule is O=C(COc1ccccc1F)Nc1nnc([C@@H]2CC(=O)N(c3ccccc3)C2)o1. The first-order valence-corrected chi connectivity index (χ1v) is 8.96. The number of rotatable bonds is 6. The second-order valence-corrected chi connectivity index (χ2v) is 6.45. The number of hydrogen-bond donors (Lipinski definition) is 1. The van der Waals surface area contributed by atoms with Crippen LogP contribution in [0, 0.1) is 5.82 Å². The Morgan fingerprint density at radius 2 is 1.93 bits per heavy atom. The van der Waals surface area contributed by atoms with Crippen LogP contribution in [0.2, 0.25) is 0 Å². The van der Waals surface area contributed by atoms with Gasteiger partial charge in [-0.05, 0) is 24.3 Å². The topological polar surface area (TPSA) is 97.6 Å². The van der Waals surface area contributed by atoms with E-state index in [0.717, 1.165) is 5.69 Å². The van der Waals surface area contributed by atoms with Crippen LogP contribution in [0.3, 0.4) is 0 Å². The Hall–Kier alpha value is -3.75. The largest absolute Gasteiger partial charge is 0.481 e. The number of carbonyl (C=O) groups excluding carboxylic acids is 2. The highest BCUT2D eigenvalue weighted by atomic mass is 19.1. The molecule has 9 heteroatoms. The summed E-state index contributed by atoms with van der Waals surface area (Å²) in [5.74, 6) is -1.20. The maximum absolute atomic E-state index is 13.5. The number of anilines is 2. The molecule has 1 aliphatic heterocycles. The van der Waals surface area contributed by atoms with Crippen LogP contribution in [0.5, 0.6) is 5.75 Å². The van der Waals surface area contributed by atoms with Crippen LogP contribution in [0.15, 0.2) is 59.0 Å². The number of para-hydroxylation sites is 2. The van der Waals surface area contributed by atoms with E-state index in [-0.39, 0.29) is 35.9 Å². The van der Waals surface area contributed by atoms with Gasteiger partial charge in [0.25, 0.3) is 5.91 Å². The fraction of sp³-hybridized carbons (Fsp3) is 0.200. The average molecular weight is 396 g/mol. The molecule has 2 heterocycles. The third-order valence-electron chi connectivity index (χ3n) is 4.42. The molecule has 8 nitrogen and oxygen atoms in total. The Bertz CT molecular complexity index is 1020. The van der Waals surface area contributed by atoms with Gasteiger partial charge in [-0.15, -0.1) is 5.10 Å². The van der Waals surface area contributed by atoms with Gasteiger partial charge in [0, 0.05) is 18.7 Å². The van der Waals surface area contributed by atoms with E-state index in [1.807, 2.05) is 30.3 Å². The molecule has 1 aliphatic rings. The summed E-state index contributed by atoms with van der Waals surface area (Å²) in [6.07, 6.45) is 0.237. The second kappa shape index (κ2) is 8.09. The van der Waals surface area contributed by atoms with Gasteiger partial charge in [-0.25, -0.2) is 4.39 Å². The molecule has 4 rings (SSSR count). The zero-order chi connectivity index (χ0) is 20.2. The zero-order valence-corrected chi connectivity index (χ0v) is 15.2. The molecule has 0 bridgehead atoms. The fourth-order valence-corrected chi connectivity index (χ4v) is 3.04. The zero-order valence-electron chi connectivity index (χ0n) is 15.2. The van der Waals surface area contributed by atoms with Crippen molar-refractivity contribution in [2.75, 3.05) is 23.4 Å². The van der Waals surface area contributed by atoms with Crippen molar-refractivity contribution < 1.29 is 23.1 Å². The van der Waals surface area contributed by atoms with E-state index >= 15 is 0 Å². The summed E-state index contributed by atoms with van der Waals surface area (Å²) in [4.78, 5) is 25.9. The van der Waals surface area contributed by atoms with E-state index in [0.29, 0.717) is 6.54 Å². The van der Waals surface area contributed by atoms with Crippen LogP contribution in [-0.2, 0) is 9.59 Å². The molecule has 0 unspecified atom stereocenters. The lowest BCUT2D eigenvalue weighted by Crippen LogP contribution is -2.24. The molecule has 29 heavy (non-hydrogen) atoms. The predicted octanol–water partition coefficient (Wildman–Crippen LogP) is 2.75. The summed E-state index contributed by atoms with van der Waals surface area (Å²) >= 11 is 0. The van der Waals surface area contributed by atoms with Crippen molar-refractivity contribution in [3.05, 3.63) is 66.3 Å². The minimum Gasteiger partial charge on any atom is -0.481 e. The van der Waals surface area contributed by atoms with Gasteiger partial charge in [0.1, 0.15) is 0 Å². The van der Waals surface area contributed by atoms with Gasteiger partial charge in [-0.3, -0.25) is 14.9 Å². The minimum atomic E-state index is -0.572. The lowest BCUT2D eigenvalue weighted by atomic mass is 10.1. The lowest BCUT2D eigenvalue weighted by Gasteiger charge is -2.15. The van der Waals surface area contributed by atoms with Crippen molar-refractivity contribution >= 4 is 23.5 Å². The molecular formula is C20H17FN4O4. The number of hydrogen-bond acceptors (Lipinski definition) is 6. The van der Waals surface area contributed by atoms with Crippen LogP contribution in [-0.4, -0.2) is 35.2 Å². The normalized spacial score (nSPS) is 16.1. The Labute approximate surface area is 165 Å². The van der Waals surface area contributed by atoms with Crippen LogP contribution in [0.4, 0.5) is 16.1 Å². The van der Waals surface area contributed by atoms with Crippen LogP contribution >= 0.6 is 0 Å². The average Bonchev–Trinajstić information content (AvgIpc) is 3.34. The van der Waals surface area contributed by atoms with Crippen molar-refractivity contribution in [1.29, 1.82) is 0 Å². The van der Waals surface area contributed by atoms with E-state index in [1.165, 1.54) is 18.2 Å². The number of amides is 2. The molecule has 2 amide bonds. The van der Waals surface area contributed by atoms with Crippen molar-refractivity contribution in [3.8, 4) is 5.75 Å². The van der Waals surface area contributed by atoms with E-state index in [1.54, 1.807) is 11.0 Å². The molecule has 1 N–H and O–H groups in total. The minimum absolute atomic E-state index is 0.0284. The first kappa shape index (κ1) is 18.6. The molecule has 1 fully saturated rings. The maximum atomic E-state index is 13.5. The van der Waals surface area contributed by atoms with Gasteiger partial charge in [-0.2, -0.15) is 0 Å². The highest BCUT2D eigenvalue weighted by Crippen LogP contribution is 2.31. The summed E-state index contributed by atoms with van der Waals surface area (Å²) < 4.78 is 24.1. The highest BCUT2D eigenvalue weighted by Gasteiger charge is 2.35. The number of benzene rings is 2. The molecule has 1 aromatic heterocycles. The Kier molecular flexibility index (Phi) is 5.19. The first-order chi connectivity index (χ1) is 14.1. The van der Waals surface area contributed by atoms with Crippen LogP contribution in [0.1, 0.15) is 18.2 Å². The number of nitrogens with one attached hydrogen (secondary N) is 1. The molecule has 148 valence electrons. The standard InChI is InChI=1S/C20H17FN4O4/c21-15-8-4-5-9-16(15)28-12-17(26)22-20-24-23-19(29-20)13-10-18(27)25(11-13)14-6-2-1-3-7-14/h1-9,13H,10-12H2,(H,22,24,26)/t13-/m1/s1. The third-order valence-corrected chi connectivity index (χ3v) is 4.42. The molecule has 1 atom stereocenters. The van der Waals surface area contributed by atoms with Gasteiger partial charge in [0.15, 0.2) is 18.2 Å². The molecule has 0 spiro atoms. The Morgan fingerprint density at radius 1 is 1.17 bits per heavy atom. The fourth-order valence-electron chi connectivity index (χ4n) is 3.04. The summed E-state index contributed by atoms with van der Waals surface area (Å²) in [6, 6.07) is 15.0. The lowest BCUT2D eigenvalue weighted by molar-refractivity contribution is -0.118. The van der Waals surface area contributed by atoms with Crippen molar-refractivity contribution in [1.82, 2.24) is 10.2 Å². The smallest absolute Gasteiger partial charge is 0.322 e. The summed E-state index contributed by atoms with van der Waals surface area (Å²) in [7, 11) is 0. The number of halogens is 1. The van der Waals surface area contributed by atoms with Crippen molar-refractivity contribution in [2.45, 2.75) is 12.3 Å². The quantitative estimate of drug-likeness (QED) is 0.688. The predicted molar refractivity (Wildman–Crippen MR) is 101 cm³/mol. The molecule has 1 saturated heterocycles. The molecule has 0 saturated carbocycles. The van der Waals surface area contributed by atoms with Gasteiger partial charge in [0.05, 0.1) is 5.92 Å². The van der Waals surface area contributed by atoms with Crippen LogP contribution in [0.25, 0.3) is 0 Å². The van der Waals surface area contributed by atoms with Crippen LogP contribution < -0.4 is 15.0 Å². The Balaban J connectivity index is 1.34. The molecular weight excluding hydrogens is 379 g/mol. The second-order valence-electron chi connectivity index (χ2n) is 6.45. The summed E-state index contributed by atoms with van der Waals surface area (Å²) in [5, 5.41) is 10.1. The monoisotopic (exact) mass is 396 g/mol. The summed E-state index contributed by atoms with van der Waals surface area (Å²) in [5.41, 5.74) is 0.804. The van der Waals surface area contributed by atoms with Gasteiger partial charge < -0.3 is 14.1 Å². The van der Waals surface area contributed by atoms with E-state index < -0.39 is 18.3 Å². The number of carbonyl (C=O) groups is 2. The number of nitrogens with zero attached hydrogens (tertiary/aromatic N) is 3. The summed E-state index contributed by atoms with van der Waals surface area (Å²) in [6.45, 7) is -0.00281. The molecule has 0 radical (unpaired) electrons. The van der Waals surface area contributed by atoms with E-state index in [9.17, 15) is 14.0 Å². The van der Waals surface area contributed by atoms with Gasteiger partial charge >= 0.3 is 6.01 Å². The van der Waals surface area contributed by atoms with E-state index in [2.05, 4.69) is 15.5 Å². The maximum Gasteiger partial charge on any atom is 0.322 e. The van der Waals surface area contributed by atoms with Crippen molar-refractivity contribution in [3.63, 3.8) is 0 Å². The van der Waals surface area contributed by atoms with E-state index in [4.69, 9.17) is 9.15 Å². The highest BCUT2D eigenvalue weighted by molar-refractivity contribution is 5.96. The number of ether oxygens (including phenoxy) is 1. The Morgan fingerprint density at radius 3 is 2.72 bits per heavy atom. The molecule has 0 aliphatic carbocycles. The molecule has 2 aromatic carbocycles. The molecule has 3 aromatic rings. The van der Waals surface area contributed by atoms with Gasteiger partial charge in [-0.1, -0.05) is 35.4 Å². The third kappa shape index (κ3) is 4.23. The first-order valence-electron chi connectivity index (χ1n) is 8.96. The van der Waals surface area contributed by atoms with Crippen molar-refractivity contribution in [2.24, 2.45) is 0 Å². The number of aromatic nitrogens is 2.